The fraction of sp³-hybridized carbons (Fsp3) is 0.571. The molecule has 1 aromatic rings. The lowest BCUT2D eigenvalue weighted by atomic mass is 10.1. The van der Waals surface area contributed by atoms with Gasteiger partial charge in [-0.1, -0.05) is 0 Å². The molecule has 0 aliphatic carbocycles. The van der Waals surface area contributed by atoms with Crippen LogP contribution in [0.3, 0.4) is 0 Å². The smallest absolute Gasteiger partial charge is 0.407 e. The lowest BCUT2D eigenvalue weighted by molar-refractivity contribution is 0.114. The van der Waals surface area contributed by atoms with Crippen LogP contribution in [-0.2, 0) is 4.74 Å². The molecular weight excluding hydrogens is 258 g/mol. The zero-order valence-corrected chi connectivity index (χ0v) is 12.5. The lowest BCUT2D eigenvalue weighted by Gasteiger charge is -2.20. The highest BCUT2D eigenvalue weighted by Crippen LogP contribution is 2.18. The Morgan fingerprint density at radius 1 is 1.50 bits per heavy atom. The highest BCUT2D eigenvalue weighted by molar-refractivity contribution is 5.68. The number of rotatable bonds is 5. The minimum Gasteiger partial charge on any atom is -0.473 e. The quantitative estimate of drug-likeness (QED) is 0.865. The number of nitrogens with one attached hydrogen (secondary N) is 1. The Bertz CT molecular complexity index is 444. The first kappa shape index (κ1) is 16.1. The van der Waals surface area contributed by atoms with Crippen LogP contribution in [0.2, 0.25) is 0 Å². The van der Waals surface area contributed by atoms with Crippen molar-refractivity contribution < 1.29 is 14.3 Å². The molecule has 0 saturated heterocycles. The summed E-state index contributed by atoms with van der Waals surface area (Å²) < 4.78 is 10.7. The van der Waals surface area contributed by atoms with E-state index in [1.807, 2.05) is 27.7 Å². The summed E-state index contributed by atoms with van der Waals surface area (Å²) in [7, 11) is 0. The van der Waals surface area contributed by atoms with Gasteiger partial charge in [-0.3, -0.25) is 0 Å². The van der Waals surface area contributed by atoms with E-state index in [-0.39, 0.29) is 18.2 Å². The summed E-state index contributed by atoms with van der Waals surface area (Å²) in [6.07, 6.45) is 1.61. The number of ether oxygens (including phenoxy) is 2. The molecule has 1 rings (SSSR count). The van der Waals surface area contributed by atoms with E-state index >= 15 is 0 Å². The third kappa shape index (κ3) is 6.26. The first-order chi connectivity index (χ1) is 9.28. The van der Waals surface area contributed by atoms with Crippen LogP contribution in [0, 0.1) is 0 Å². The summed E-state index contributed by atoms with van der Waals surface area (Å²) in [6, 6.07) is 3.47. The zero-order chi connectivity index (χ0) is 15.2. The zero-order valence-electron chi connectivity index (χ0n) is 12.5. The molecule has 1 aromatic heterocycles. The molecule has 0 aromatic carbocycles. The lowest BCUT2D eigenvalue weighted by Crippen LogP contribution is -2.41. The van der Waals surface area contributed by atoms with Gasteiger partial charge in [0.1, 0.15) is 6.10 Å². The largest absolute Gasteiger partial charge is 0.473 e. The van der Waals surface area contributed by atoms with Crippen LogP contribution < -0.4 is 15.8 Å². The number of amides is 1. The van der Waals surface area contributed by atoms with Gasteiger partial charge in [0.25, 0.3) is 0 Å². The topological polar surface area (TPSA) is 86.5 Å². The van der Waals surface area contributed by atoms with Gasteiger partial charge in [0.15, 0.2) is 0 Å². The van der Waals surface area contributed by atoms with Crippen molar-refractivity contribution in [2.24, 2.45) is 0 Å². The number of carbonyl (C=O) groups is 1. The van der Waals surface area contributed by atoms with Crippen LogP contribution in [0.5, 0.6) is 5.88 Å². The van der Waals surface area contributed by atoms with Crippen LogP contribution >= 0.6 is 0 Å². The van der Waals surface area contributed by atoms with Crippen LogP contribution in [0.1, 0.15) is 34.1 Å². The number of alkyl carbamates (subject to hydrolysis) is 1. The number of nitrogens with two attached hydrogens (primary N) is 1. The molecule has 0 aliphatic rings. The molecule has 0 fully saturated rings. The predicted molar refractivity (Wildman–Crippen MR) is 77.6 cm³/mol. The van der Waals surface area contributed by atoms with E-state index in [4.69, 9.17) is 15.2 Å². The third-order valence-electron chi connectivity index (χ3n) is 2.35. The molecule has 0 saturated carbocycles. The molecular formula is C14H23N3O3. The van der Waals surface area contributed by atoms with E-state index < -0.39 is 6.09 Å². The van der Waals surface area contributed by atoms with Gasteiger partial charge in [-0.2, -0.15) is 0 Å². The second kappa shape index (κ2) is 6.98. The van der Waals surface area contributed by atoms with E-state index in [0.29, 0.717) is 18.0 Å². The molecule has 0 aliphatic heterocycles. The molecule has 112 valence electrons. The van der Waals surface area contributed by atoms with Gasteiger partial charge < -0.3 is 20.5 Å². The Kier molecular flexibility index (Phi) is 5.61. The van der Waals surface area contributed by atoms with Crippen LogP contribution in [0.15, 0.2) is 18.3 Å². The third-order valence-corrected chi connectivity index (χ3v) is 2.35. The molecule has 6 heteroatoms. The number of carbonyl (C=O) groups excluding carboxylic acids is 1. The fourth-order valence-corrected chi connectivity index (χ4v) is 1.41. The molecule has 6 nitrogen and oxygen atoms in total. The summed E-state index contributed by atoms with van der Waals surface area (Å²) in [4.78, 5) is 15.5. The first-order valence-corrected chi connectivity index (χ1v) is 6.60. The van der Waals surface area contributed by atoms with Gasteiger partial charge >= 0.3 is 6.09 Å². The van der Waals surface area contributed by atoms with Gasteiger partial charge in [-0.15, -0.1) is 0 Å². The molecule has 0 spiro atoms. The fourth-order valence-electron chi connectivity index (χ4n) is 1.41. The van der Waals surface area contributed by atoms with E-state index in [9.17, 15) is 4.79 Å². The second-order valence-electron chi connectivity index (χ2n) is 5.63. The molecule has 3 N–H and O–H groups in total. The van der Waals surface area contributed by atoms with Crippen LogP contribution in [0.4, 0.5) is 10.5 Å². The van der Waals surface area contributed by atoms with Crippen LogP contribution in [-0.4, -0.2) is 29.3 Å². The number of hydrogen-bond donors (Lipinski definition) is 2. The van der Waals surface area contributed by atoms with Crippen molar-refractivity contribution in [3.05, 3.63) is 18.3 Å². The Hall–Kier alpha value is -1.98. The normalized spacial score (nSPS) is 12.6. The highest BCUT2D eigenvalue weighted by atomic mass is 16.6. The van der Waals surface area contributed by atoms with Gasteiger partial charge in [0, 0.05) is 18.2 Å². The van der Waals surface area contributed by atoms with Crippen molar-refractivity contribution in [1.82, 2.24) is 10.3 Å². The number of aromatic nitrogens is 1. The maximum absolute atomic E-state index is 11.4. The Balaban J connectivity index is 2.29. The maximum Gasteiger partial charge on any atom is 0.407 e. The molecule has 1 amide bonds. The Morgan fingerprint density at radius 3 is 2.80 bits per heavy atom. The number of nitrogens with zero attached hydrogens (tertiary/aromatic N) is 1. The van der Waals surface area contributed by atoms with Crippen molar-refractivity contribution in [2.45, 2.75) is 45.8 Å². The van der Waals surface area contributed by atoms with E-state index in [1.54, 1.807) is 18.3 Å². The number of pyridine rings is 1. The van der Waals surface area contributed by atoms with E-state index in [2.05, 4.69) is 10.3 Å². The first-order valence-electron chi connectivity index (χ1n) is 6.60. The van der Waals surface area contributed by atoms with Gasteiger partial charge in [-0.05, 0) is 39.8 Å². The highest BCUT2D eigenvalue weighted by Gasteiger charge is 2.15. The average Bonchev–Trinajstić information content (AvgIpc) is 2.29. The molecule has 20 heavy (non-hydrogen) atoms. The summed E-state index contributed by atoms with van der Waals surface area (Å²) in [6.45, 7) is 7.83. The molecule has 1 atom stereocenters. The van der Waals surface area contributed by atoms with Crippen molar-refractivity contribution in [3.8, 4) is 5.88 Å². The Labute approximate surface area is 119 Å². The number of anilines is 1. The molecule has 1 unspecified atom stereocenters. The summed E-state index contributed by atoms with van der Waals surface area (Å²) >= 11 is 0. The number of hydrogen-bond acceptors (Lipinski definition) is 5. The van der Waals surface area contributed by atoms with Gasteiger partial charge in [0.2, 0.25) is 5.88 Å². The second-order valence-corrected chi connectivity index (χ2v) is 5.63. The predicted octanol–water partition coefficient (Wildman–Crippen LogP) is 2.35. The summed E-state index contributed by atoms with van der Waals surface area (Å²) in [5, 5.41) is 2.72. The molecule has 0 bridgehead atoms. The maximum atomic E-state index is 11.4. The van der Waals surface area contributed by atoms with E-state index in [1.165, 1.54) is 0 Å². The monoisotopic (exact) mass is 281 g/mol. The SMILES string of the molecule is CC(CCOC(=O)NC(C)(C)C)Oc1ncccc1N. The van der Waals surface area contributed by atoms with Gasteiger partial charge in [-0.25, -0.2) is 9.78 Å². The van der Waals surface area contributed by atoms with Crippen molar-refractivity contribution >= 4 is 11.8 Å². The van der Waals surface area contributed by atoms with Crippen molar-refractivity contribution in [2.75, 3.05) is 12.3 Å². The number of nitrogen functional groups attached to an aromatic ring is 1. The Morgan fingerprint density at radius 2 is 2.20 bits per heavy atom. The molecule has 0 radical (unpaired) electrons. The van der Waals surface area contributed by atoms with Gasteiger partial charge in [0.05, 0.1) is 12.3 Å². The van der Waals surface area contributed by atoms with Crippen LogP contribution in [0.25, 0.3) is 0 Å². The standard InChI is InChI=1S/C14H23N3O3/c1-10(20-12-11(15)6-5-8-16-12)7-9-19-13(18)17-14(2,3)4/h5-6,8,10H,7,9,15H2,1-4H3,(H,17,18). The molecule has 1 heterocycles. The minimum absolute atomic E-state index is 0.144. The summed E-state index contributed by atoms with van der Waals surface area (Å²) in [5.74, 6) is 0.402. The van der Waals surface area contributed by atoms with Crippen molar-refractivity contribution in [3.63, 3.8) is 0 Å². The average molecular weight is 281 g/mol. The van der Waals surface area contributed by atoms with E-state index in [0.717, 1.165) is 0 Å². The van der Waals surface area contributed by atoms with Crippen molar-refractivity contribution in [1.29, 1.82) is 0 Å². The minimum atomic E-state index is -0.429. The summed E-state index contributed by atoms with van der Waals surface area (Å²) in [5.41, 5.74) is 5.92.